The van der Waals surface area contributed by atoms with Crippen molar-refractivity contribution in [2.45, 2.75) is 31.9 Å². The van der Waals surface area contributed by atoms with Gasteiger partial charge in [0.25, 0.3) is 0 Å². The topological polar surface area (TPSA) is 40.5 Å². The van der Waals surface area contributed by atoms with Gasteiger partial charge in [0.15, 0.2) is 0 Å². The smallest absolute Gasteiger partial charge is 0.225 e. The van der Waals surface area contributed by atoms with Gasteiger partial charge in [-0.05, 0) is 6.42 Å². The van der Waals surface area contributed by atoms with Gasteiger partial charge in [0.1, 0.15) is 5.72 Å². The van der Waals surface area contributed by atoms with Crippen molar-refractivity contribution in [2.75, 3.05) is 6.54 Å². The highest BCUT2D eigenvalue weighted by molar-refractivity contribution is 5.79. The van der Waals surface area contributed by atoms with E-state index < -0.39 is 5.72 Å². The Labute approximate surface area is 66.0 Å². The average Bonchev–Trinajstić information content (AvgIpc) is 2.39. The van der Waals surface area contributed by atoms with Crippen LogP contribution in [-0.2, 0) is 4.79 Å². The molecule has 2 fully saturated rings. The number of carbonyl (C=O) groups excluding carboxylic acids is 1. The van der Waals surface area contributed by atoms with Gasteiger partial charge in [0, 0.05) is 25.3 Å². The third-order valence-electron chi connectivity index (χ3n) is 3.05. The Kier molecular flexibility index (Phi) is 1.27. The number of carbonyl (C=O) groups is 1. The van der Waals surface area contributed by atoms with Gasteiger partial charge in [0.2, 0.25) is 5.91 Å². The molecule has 0 unspecified atom stereocenters. The van der Waals surface area contributed by atoms with Crippen LogP contribution in [0.2, 0.25) is 0 Å². The summed E-state index contributed by atoms with van der Waals surface area (Å²) in [7, 11) is 0. The van der Waals surface area contributed by atoms with E-state index in [4.69, 9.17) is 0 Å². The molecule has 11 heavy (non-hydrogen) atoms. The molecule has 2 aliphatic rings. The lowest BCUT2D eigenvalue weighted by molar-refractivity contribution is -0.142. The normalized spacial score (nSPS) is 43.3. The second kappa shape index (κ2) is 1.97. The van der Waals surface area contributed by atoms with E-state index in [1.165, 1.54) is 0 Å². The predicted molar refractivity (Wildman–Crippen MR) is 39.7 cm³/mol. The molecule has 62 valence electrons. The molecule has 1 amide bonds. The monoisotopic (exact) mass is 155 g/mol. The van der Waals surface area contributed by atoms with Crippen LogP contribution in [0.4, 0.5) is 0 Å². The summed E-state index contributed by atoms with van der Waals surface area (Å²) < 4.78 is 0. The molecule has 0 spiro atoms. The molecule has 3 nitrogen and oxygen atoms in total. The summed E-state index contributed by atoms with van der Waals surface area (Å²) in [5, 5.41) is 9.98. The van der Waals surface area contributed by atoms with Crippen molar-refractivity contribution in [1.29, 1.82) is 0 Å². The molecule has 3 heteroatoms. The molecule has 0 aromatic carbocycles. The molecule has 0 radical (unpaired) electrons. The Balaban J connectivity index is 2.30. The first kappa shape index (κ1) is 7.10. The highest BCUT2D eigenvalue weighted by Gasteiger charge is 2.51. The van der Waals surface area contributed by atoms with Crippen LogP contribution >= 0.6 is 0 Å². The first-order chi connectivity index (χ1) is 5.14. The Bertz CT molecular complexity index is 204. The molecule has 0 aromatic rings. The Morgan fingerprint density at radius 2 is 2.45 bits per heavy atom. The molecule has 2 atom stereocenters. The first-order valence-electron chi connectivity index (χ1n) is 4.17. The maximum Gasteiger partial charge on any atom is 0.225 e. The summed E-state index contributed by atoms with van der Waals surface area (Å²) in [6, 6.07) is 0. The first-order valence-corrected chi connectivity index (χ1v) is 4.17. The van der Waals surface area contributed by atoms with Crippen molar-refractivity contribution >= 4 is 5.91 Å². The standard InChI is InChI=1S/C8H13NO2/c1-6-3-5-9-7(10)2-4-8(6,9)11/h6,11H,2-5H2,1H3/t6-,8-/m1/s1. The van der Waals surface area contributed by atoms with Crippen LogP contribution in [0.3, 0.4) is 0 Å². The second-order valence-corrected chi connectivity index (χ2v) is 3.61. The third kappa shape index (κ3) is 0.745. The fourth-order valence-electron chi connectivity index (χ4n) is 2.16. The zero-order valence-electron chi connectivity index (χ0n) is 6.71. The molecule has 2 heterocycles. The SMILES string of the molecule is C[C@@H]1CCN2C(=O)CC[C@@]12O. The van der Waals surface area contributed by atoms with E-state index in [1.54, 1.807) is 4.90 Å². The van der Waals surface area contributed by atoms with E-state index in [1.807, 2.05) is 6.92 Å². The summed E-state index contributed by atoms with van der Waals surface area (Å²) >= 11 is 0. The summed E-state index contributed by atoms with van der Waals surface area (Å²) in [6.07, 6.45) is 2.11. The minimum atomic E-state index is -0.781. The van der Waals surface area contributed by atoms with E-state index in [0.29, 0.717) is 12.8 Å². The van der Waals surface area contributed by atoms with Crippen LogP contribution in [0.5, 0.6) is 0 Å². The number of hydrogen-bond donors (Lipinski definition) is 1. The van der Waals surface area contributed by atoms with Gasteiger partial charge < -0.3 is 10.0 Å². The lowest BCUT2D eigenvalue weighted by Crippen LogP contribution is -2.43. The number of amides is 1. The second-order valence-electron chi connectivity index (χ2n) is 3.61. The zero-order chi connectivity index (χ0) is 8.06. The highest BCUT2D eigenvalue weighted by Crippen LogP contribution is 2.41. The van der Waals surface area contributed by atoms with Gasteiger partial charge >= 0.3 is 0 Å². The van der Waals surface area contributed by atoms with Crippen LogP contribution < -0.4 is 0 Å². The minimum Gasteiger partial charge on any atom is -0.370 e. The Morgan fingerprint density at radius 1 is 1.73 bits per heavy atom. The molecule has 0 aromatic heterocycles. The van der Waals surface area contributed by atoms with Crippen LogP contribution in [0.25, 0.3) is 0 Å². The maximum atomic E-state index is 11.2. The van der Waals surface area contributed by atoms with E-state index in [9.17, 15) is 9.90 Å². The number of fused-ring (bicyclic) bond motifs is 1. The summed E-state index contributed by atoms with van der Waals surface area (Å²) in [6.45, 7) is 2.76. The fourth-order valence-corrected chi connectivity index (χ4v) is 2.16. The largest absolute Gasteiger partial charge is 0.370 e. The van der Waals surface area contributed by atoms with Gasteiger partial charge in [-0.1, -0.05) is 6.92 Å². The maximum absolute atomic E-state index is 11.2. The van der Waals surface area contributed by atoms with E-state index in [-0.39, 0.29) is 11.8 Å². The van der Waals surface area contributed by atoms with Crippen LogP contribution in [-0.4, -0.2) is 28.2 Å². The summed E-state index contributed by atoms with van der Waals surface area (Å²) in [5.74, 6) is 0.380. The molecule has 2 saturated heterocycles. The molecule has 2 rings (SSSR count). The molecular formula is C8H13NO2. The van der Waals surface area contributed by atoms with Crippen LogP contribution in [0.15, 0.2) is 0 Å². The highest BCUT2D eigenvalue weighted by atomic mass is 16.3. The molecule has 1 N–H and O–H groups in total. The minimum absolute atomic E-state index is 0.122. The Morgan fingerprint density at radius 3 is 3.09 bits per heavy atom. The molecule has 0 saturated carbocycles. The number of aliphatic hydroxyl groups is 1. The number of nitrogens with zero attached hydrogens (tertiary/aromatic N) is 1. The number of hydrogen-bond acceptors (Lipinski definition) is 2. The lowest BCUT2D eigenvalue weighted by atomic mass is 9.97. The van der Waals surface area contributed by atoms with Crippen molar-refractivity contribution < 1.29 is 9.90 Å². The summed E-state index contributed by atoms with van der Waals surface area (Å²) in [4.78, 5) is 12.8. The Hall–Kier alpha value is -0.570. The van der Waals surface area contributed by atoms with Crippen LogP contribution in [0, 0.1) is 5.92 Å². The zero-order valence-corrected chi connectivity index (χ0v) is 6.71. The van der Waals surface area contributed by atoms with Gasteiger partial charge in [-0.3, -0.25) is 4.79 Å². The van der Waals surface area contributed by atoms with Crippen LogP contribution in [0.1, 0.15) is 26.2 Å². The van der Waals surface area contributed by atoms with E-state index in [2.05, 4.69) is 0 Å². The van der Waals surface area contributed by atoms with Crippen molar-refractivity contribution in [3.8, 4) is 0 Å². The van der Waals surface area contributed by atoms with Crippen molar-refractivity contribution in [1.82, 2.24) is 4.90 Å². The quantitative estimate of drug-likeness (QED) is 0.548. The van der Waals surface area contributed by atoms with E-state index >= 15 is 0 Å². The predicted octanol–water partition coefficient (Wildman–Crippen LogP) is 0.337. The van der Waals surface area contributed by atoms with Crippen molar-refractivity contribution in [2.24, 2.45) is 5.92 Å². The lowest BCUT2D eigenvalue weighted by Gasteiger charge is -2.29. The van der Waals surface area contributed by atoms with Crippen molar-refractivity contribution in [3.63, 3.8) is 0 Å². The van der Waals surface area contributed by atoms with Gasteiger partial charge in [-0.25, -0.2) is 0 Å². The molecular weight excluding hydrogens is 142 g/mol. The summed E-state index contributed by atoms with van der Waals surface area (Å²) in [5.41, 5.74) is -0.781. The average molecular weight is 155 g/mol. The van der Waals surface area contributed by atoms with Gasteiger partial charge in [-0.15, -0.1) is 0 Å². The molecule has 0 aliphatic carbocycles. The fraction of sp³-hybridized carbons (Fsp3) is 0.875. The molecule has 0 bridgehead atoms. The number of rotatable bonds is 0. The van der Waals surface area contributed by atoms with E-state index in [0.717, 1.165) is 13.0 Å². The third-order valence-corrected chi connectivity index (χ3v) is 3.05. The molecule has 2 aliphatic heterocycles. The van der Waals surface area contributed by atoms with Gasteiger partial charge in [-0.2, -0.15) is 0 Å². The van der Waals surface area contributed by atoms with Gasteiger partial charge in [0.05, 0.1) is 0 Å². The van der Waals surface area contributed by atoms with Crippen molar-refractivity contribution in [3.05, 3.63) is 0 Å².